The van der Waals surface area contributed by atoms with Gasteiger partial charge in [-0.25, -0.2) is 4.79 Å². The minimum atomic E-state index is -0.600. The third-order valence-electron chi connectivity index (χ3n) is 4.84. The minimum Gasteiger partial charge on any atom is -0.466 e. The van der Waals surface area contributed by atoms with Gasteiger partial charge in [0.25, 0.3) is 5.91 Å². The van der Waals surface area contributed by atoms with Gasteiger partial charge < -0.3 is 9.64 Å². The second-order valence-electron chi connectivity index (χ2n) is 6.53. The molecule has 0 spiro atoms. The van der Waals surface area contributed by atoms with E-state index < -0.39 is 11.9 Å². The Bertz CT molecular complexity index is 745. The van der Waals surface area contributed by atoms with E-state index in [-0.39, 0.29) is 23.7 Å². The van der Waals surface area contributed by atoms with E-state index in [9.17, 15) is 19.2 Å². The molecule has 3 heterocycles. The van der Waals surface area contributed by atoms with Crippen molar-refractivity contribution < 1.29 is 28.5 Å². The van der Waals surface area contributed by atoms with Crippen LogP contribution in [0.4, 0.5) is 4.79 Å². The van der Waals surface area contributed by atoms with Gasteiger partial charge in [0.2, 0.25) is 0 Å². The molecule has 1 fully saturated rings. The summed E-state index contributed by atoms with van der Waals surface area (Å²) in [6, 6.07) is -0.406. The molecule has 2 unspecified atom stereocenters. The summed E-state index contributed by atoms with van der Waals surface area (Å²) in [5, 5.41) is 0.556. The number of nitrogens with zero attached hydrogens (tertiary/aromatic N) is 3. The van der Waals surface area contributed by atoms with Crippen LogP contribution in [-0.2, 0) is 19.1 Å². The van der Waals surface area contributed by atoms with Crippen molar-refractivity contribution in [2.45, 2.75) is 19.8 Å². The summed E-state index contributed by atoms with van der Waals surface area (Å²) in [7, 11) is 3.03. The Morgan fingerprint density at radius 1 is 1.38 bits per heavy atom. The zero-order valence-electron chi connectivity index (χ0n) is 15.1. The molecular formula is C17H22N3O5S+. The van der Waals surface area contributed by atoms with Crippen molar-refractivity contribution in [3.8, 4) is 0 Å². The summed E-state index contributed by atoms with van der Waals surface area (Å²) in [4.78, 5) is 52.4. The average Bonchev–Trinajstić information content (AvgIpc) is 3.10. The Balaban J connectivity index is 1.76. The lowest BCUT2D eigenvalue weighted by Crippen LogP contribution is -2.49. The number of urea groups is 1. The van der Waals surface area contributed by atoms with Gasteiger partial charge >= 0.3 is 17.9 Å². The molecule has 0 aromatic carbocycles. The standard InChI is InChI=1S/C17H22N3O5S/c1-4-25-16(23)10-6-5-7-20(9-10)14(22)12-8-11-13(21)18(2)17(24)19(3)15(11)26-12/h8,10-11H,4-7,9H2,1-3H3/q+1. The van der Waals surface area contributed by atoms with E-state index in [1.54, 1.807) is 24.9 Å². The Morgan fingerprint density at radius 3 is 2.81 bits per heavy atom. The van der Waals surface area contributed by atoms with E-state index in [1.165, 1.54) is 11.6 Å². The first-order valence-electron chi connectivity index (χ1n) is 8.62. The number of likely N-dealkylation sites (tertiary alicyclic amines) is 1. The van der Waals surface area contributed by atoms with Crippen molar-refractivity contribution in [2.75, 3.05) is 33.8 Å². The number of carbonyl (C=O) groups excluding carboxylic acids is 4. The molecule has 26 heavy (non-hydrogen) atoms. The monoisotopic (exact) mass is 380 g/mol. The van der Waals surface area contributed by atoms with Crippen LogP contribution in [-0.4, -0.2) is 77.0 Å². The van der Waals surface area contributed by atoms with Gasteiger partial charge in [-0.3, -0.25) is 9.59 Å². The van der Waals surface area contributed by atoms with Crippen LogP contribution in [0.25, 0.3) is 0 Å². The van der Waals surface area contributed by atoms with Crippen LogP contribution in [0.3, 0.4) is 0 Å². The molecular weight excluding hydrogens is 358 g/mol. The average molecular weight is 380 g/mol. The zero-order valence-corrected chi connectivity index (χ0v) is 15.9. The summed E-state index contributed by atoms with van der Waals surface area (Å²) >= 11 is 1.16. The number of hydrogen-bond donors (Lipinski definition) is 0. The fraction of sp³-hybridized carbons (Fsp3) is 0.588. The summed E-state index contributed by atoms with van der Waals surface area (Å²) in [5.74, 6) is -1.73. The number of thioether (sulfide) groups is 1. The Labute approximate surface area is 155 Å². The Kier molecular flexibility index (Phi) is 5.17. The van der Waals surface area contributed by atoms with E-state index in [4.69, 9.17) is 4.74 Å². The van der Waals surface area contributed by atoms with Crippen LogP contribution < -0.4 is 0 Å². The highest BCUT2D eigenvalue weighted by Gasteiger charge is 2.48. The second-order valence-corrected chi connectivity index (χ2v) is 7.59. The molecule has 140 valence electrons. The highest BCUT2D eigenvalue weighted by atomic mass is 32.2. The number of hydrogen-bond acceptors (Lipinski definition) is 6. The molecule has 0 N–H and O–H groups in total. The molecule has 0 aromatic rings. The fourth-order valence-electron chi connectivity index (χ4n) is 3.39. The molecule has 4 amide bonds. The molecule has 3 aliphatic rings. The van der Waals surface area contributed by atoms with Crippen molar-refractivity contribution >= 4 is 40.6 Å². The first-order valence-corrected chi connectivity index (χ1v) is 9.44. The first-order chi connectivity index (χ1) is 12.3. The maximum absolute atomic E-state index is 12.9. The molecule has 0 bridgehead atoms. The minimum absolute atomic E-state index is 0.206. The summed E-state index contributed by atoms with van der Waals surface area (Å²) in [6.45, 7) is 2.96. The maximum atomic E-state index is 12.9. The molecule has 2 atom stereocenters. The van der Waals surface area contributed by atoms with Crippen LogP contribution in [0, 0.1) is 11.8 Å². The normalized spacial score (nSPS) is 26.0. The maximum Gasteiger partial charge on any atom is 0.500 e. The number of ether oxygens (including phenoxy) is 1. The third kappa shape index (κ3) is 3.15. The van der Waals surface area contributed by atoms with Crippen molar-refractivity contribution in [3.63, 3.8) is 0 Å². The van der Waals surface area contributed by atoms with Crippen LogP contribution in [0.2, 0.25) is 0 Å². The number of fused-ring (bicyclic) bond motifs is 1. The topological polar surface area (TPSA) is 87.0 Å². The van der Waals surface area contributed by atoms with Crippen LogP contribution >= 0.6 is 11.8 Å². The number of piperidine rings is 1. The molecule has 8 nitrogen and oxygen atoms in total. The van der Waals surface area contributed by atoms with Crippen molar-refractivity contribution in [3.05, 3.63) is 11.0 Å². The Hall–Kier alpha value is -2.16. The van der Waals surface area contributed by atoms with E-state index in [0.717, 1.165) is 23.1 Å². The fourth-order valence-corrected chi connectivity index (χ4v) is 4.55. The third-order valence-corrected chi connectivity index (χ3v) is 6.11. The van der Waals surface area contributed by atoms with Crippen LogP contribution in [0.1, 0.15) is 19.8 Å². The number of esters is 1. The largest absolute Gasteiger partial charge is 0.500 e. The van der Waals surface area contributed by atoms with Crippen molar-refractivity contribution in [2.24, 2.45) is 11.8 Å². The predicted molar refractivity (Wildman–Crippen MR) is 94.5 cm³/mol. The lowest BCUT2D eigenvalue weighted by molar-refractivity contribution is -0.403. The molecule has 0 radical (unpaired) electrons. The van der Waals surface area contributed by atoms with Crippen LogP contribution in [0.15, 0.2) is 11.0 Å². The van der Waals surface area contributed by atoms with E-state index in [0.29, 0.717) is 36.1 Å². The SMILES string of the molecule is CCOC(=O)C1CCCN(C(=O)C2=CC3C(=O)N(C)C(=O)[N+](C)=C3S2)C1. The zero-order chi connectivity index (χ0) is 19.0. The van der Waals surface area contributed by atoms with Crippen molar-refractivity contribution in [1.29, 1.82) is 0 Å². The van der Waals surface area contributed by atoms with Gasteiger partial charge in [0, 0.05) is 13.1 Å². The lowest BCUT2D eigenvalue weighted by atomic mass is 9.98. The van der Waals surface area contributed by atoms with Gasteiger partial charge in [-0.05, 0) is 37.6 Å². The van der Waals surface area contributed by atoms with E-state index >= 15 is 0 Å². The van der Waals surface area contributed by atoms with Gasteiger partial charge in [-0.15, -0.1) is 0 Å². The van der Waals surface area contributed by atoms with Gasteiger partial charge in [-0.2, -0.15) is 14.3 Å². The number of carbonyl (C=O) groups is 4. The quantitative estimate of drug-likeness (QED) is 0.528. The highest BCUT2D eigenvalue weighted by molar-refractivity contribution is 8.18. The summed E-state index contributed by atoms with van der Waals surface area (Å²) < 4.78 is 6.48. The molecule has 3 rings (SSSR count). The lowest BCUT2D eigenvalue weighted by Gasteiger charge is -2.31. The van der Waals surface area contributed by atoms with E-state index in [2.05, 4.69) is 0 Å². The number of amides is 4. The molecule has 0 aliphatic carbocycles. The highest BCUT2D eigenvalue weighted by Crippen LogP contribution is 2.36. The van der Waals surface area contributed by atoms with Gasteiger partial charge in [0.15, 0.2) is 5.04 Å². The molecule has 3 aliphatic heterocycles. The van der Waals surface area contributed by atoms with Crippen LogP contribution in [0.5, 0.6) is 0 Å². The predicted octanol–water partition coefficient (Wildman–Crippen LogP) is 0.668. The smallest absolute Gasteiger partial charge is 0.466 e. The summed E-state index contributed by atoms with van der Waals surface area (Å²) in [6.07, 6.45) is 3.06. The first kappa shape index (κ1) is 18.6. The van der Waals surface area contributed by atoms with E-state index in [1.807, 2.05) is 0 Å². The molecule has 1 saturated heterocycles. The van der Waals surface area contributed by atoms with Gasteiger partial charge in [0.05, 0.1) is 31.5 Å². The van der Waals surface area contributed by atoms with Crippen molar-refractivity contribution in [1.82, 2.24) is 9.80 Å². The summed E-state index contributed by atoms with van der Waals surface area (Å²) in [5.41, 5.74) is 0. The van der Waals surface area contributed by atoms with Gasteiger partial charge in [-0.1, -0.05) is 0 Å². The second kappa shape index (κ2) is 7.22. The Morgan fingerprint density at radius 2 is 2.12 bits per heavy atom. The molecule has 0 aromatic heterocycles. The molecule has 0 saturated carbocycles. The van der Waals surface area contributed by atoms with Gasteiger partial charge in [0.1, 0.15) is 5.92 Å². The molecule has 9 heteroatoms. The number of imide groups is 1. The number of rotatable bonds is 3.